The van der Waals surface area contributed by atoms with Gasteiger partial charge in [-0.25, -0.2) is 9.59 Å². The summed E-state index contributed by atoms with van der Waals surface area (Å²) in [7, 11) is 0. The topological polar surface area (TPSA) is 94.6 Å². The number of ketones is 2. The van der Waals surface area contributed by atoms with E-state index in [0.29, 0.717) is 20.3 Å². The van der Waals surface area contributed by atoms with Gasteiger partial charge < -0.3 is 4.74 Å². The minimum atomic E-state index is -0.777. The lowest BCUT2D eigenvalue weighted by Crippen LogP contribution is -2.05. The number of cyclic esters (lactones) is 2. The molecule has 0 bridgehead atoms. The molecule has 0 fully saturated rings. The average molecular weight is 350 g/mol. The van der Waals surface area contributed by atoms with E-state index in [1.807, 2.05) is 0 Å². The Hall–Kier alpha value is -3.19. The fourth-order valence-electron chi connectivity index (χ4n) is 3.28. The monoisotopic (exact) mass is 350 g/mol. The first kappa shape index (κ1) is 14.2. The first-order chi connectivity index (χ1) is 11.9. The van der Waals surface area contributed by atoms with E-state index in [2.05, 4.69) is 4.74 Å². The molecule has 2 heterocycles. The molecule has 0 radical (unpaired) electrons. The number of carbonyl (C=O) groups is 4. The maximum Gasteiger partial charge on any atom is 0.346 e. The number of hydrogen-bond acceptors (Lipinski definition) is 7. The minimum absolute atomic E-state index is 0.0635. The zero-order valence-corrected chi connectivity index (χ0v) is 13.2. The van der Waals surface area contributed by atoms with Crippen LogP contribution in [-0.4, -0.2) is 23.5 Å². The van der Waals surface area contributed by atoms with Crippen LogP contribution in [0.1, 0.15) is 47.9 Å². The molecule has 1 aliphatic carbocycles. The second-order valence-electron chi connectivity index (χ2n) is 5.92. The summed E-state index contributed by atoms with van der Waals surface area (Å²) < 4.78 is 5.63. The first-order valence-corrected chi connectivity index (χ1v) is 8.17. The molecular formula is C18H6O6S. The molecule has 6 nitrogen and oxygen atoms in total. The summed E-state index contributed by atoms with van der Waals surface area (Å²) in [6.07, 6.45) is -0.182. The zero-order valence-electron chi connectivity index (χ0n) is 12.4. The number of ether oxygens (including phenoxy) is 1. The summed E-state index contributed by atoms with van der Waals surface area (Å²) in [6.45, 7) is 0. The van der Waals surface area contributed by atoms with Crippen molar-refractivity contribution in [2.45, 2.75) is 6.42 Å². The van der Waals surface area contributed by atoms with Crippen LogP contribution in [-0.2, 0) is 4.74 Å². The predicted octanol–water partition coefficient (Wildman–Crippen LogP) is 2.49. The Morgan fingerprint density at radius 1 is 0.680 bits per heavy atom. The van der Waals surface area contributed by atoms with E-state index >= 15 is 0 Å². The van der Waals surface area contributed by atoms with E-state index in [9.17, 15) is 24.0 Å². The fraction of sp³-hybridized carbons (Fsp3) is 0.0556. The lowest BCUT2D eigenvalue weighted by molar-refractivity contribution is 0.0443. The number of benzene rings is 2. The van der Waals surface area contributed by atoms with E-state index < -0.39 is 11.9 Å². The summed E-state index contributed by atoms with van der Waals surface area (Å²) in [5.74, 6) is -2.07. The van der Waals surface area contributed by atoms with Crippen LogP contribution in [0.4, 0.5) is 0 Å². The molecule has 2 aromatic carbocycles. The highest BCUT2D eigenvalue weighted by Crippen LogP contribution is 2.33. The Balaban J connectivity index is 1.92. The summed E-state index contributed by atoms with van der Waals surface area (Å²) in [4.78, 5) is 60.1. The van der Waals surface area contributed by atoms with Gasteiger partial charge in [-0.1, -0.05) is 0 Å². The number of Topliss-reactive ketones (excluding diaryl/α,β-unsaturated/α-hetero) is 2. The summed E-state index contributed by atoms with van der Waals surface area (Å²) >= 11 is 1.22. The number of rotatable bonds is 0. The fourth-order valence-corrected chi connectivity index (χ4v) is 4.39. The number of hydrogen-bond donors (Lipinski definition) is 0. The molecule has 120 valence electrons. The van der Waals surface area contributed by atoms with Gasteiger partial charge in [0.05, 0.1) is 17.5 Å². The SMILES string of the molecule is O=C1CC(=O)c2cc3c(=O)c4cc5c(cc4sc3cc21)C(=O)OC5=O. The van der Waals surface area contributed by atoms with Gasteiger partial charge in [-0.05, 0) is 24.3 Å². The smallest absolute Gasteiger partial charge is 0.346 e. The summed E-state index contributed by atoms with van der Waals surface area (Å²) in [5.41, 5.74) is 0.419. The van der Waals surface area contributed by atoms with Crippen molar-refractivity contribution in [3.05, 3.63) is 56.7 Å². The second-order valence-corrected chi connectivity index (χ2v) is 7.00. The molecule has 25 heavy (non-hydrogen) atoms. The van der Waals surface area contributed by atoms with Crippen molar-refractivity contribution in [1.29, 1.82) is 0 Å². The third kappa shape index (κ3) is 1.75. The molecule has 0 N–H and O–H groups in total. The average Bonchev–Trinajstić information content (AvgIpc) is 3.01. The maximum atomic E-state index is 12.8. The van der Waals surface area contributed by atoms with Crippen molar-refractivity contribution in [2.75, 3.05) is 0 Å². The number of fused-ring (bicyclic) bond motifs is 4. The van der Waals surface area contributed by atoms with E-state index in [-0.39, 0.29) is 45.5 Å². The van der Waals surface area contributed by atoms with Crippen LogP contribution >= 0.6 is 11.3 Å². The Labute approximate surface area is 142 Å². The van der Waals surface area contributed by atoms with Gasteiger partial charge in [-0.3, -0.25) is 14.4 Å². The van der Waals surface area contributed by atoms with Crippen molar-refractivity contribution in [3.8, 4) is 0 Å². The number of esters is 2. The standard InChI is InChI=1S/C18H6O6S/c19-12-5-13(20)7-3-14-10(1-6(7)12)16(21)11-2-8-9(4-15(11)25-14)18(23)24-17(8)22/h1-4H,5H2. The molecule has 0 saturated carbocycles. The second kappa shape index (κ2) is 4.46. The van der Waals surface area contributed by atoms with E-state index in [1.165, 1.54) is 29.5 Å². The van der Waals surface area contributed by atoms with Crippen molar-refractivity contribution in [1.82, 2.24) is 0 Å². The van der Waals surface area contributed by atoms with Crippen LogP contribution in [0.5, 0.6) is 0 Å². The third-order valence-corrected chi connectivity index (χ3v) is 5.61. The molecule has 1 aliphatic heterocycles. The molecule has 5 rings (SSSR count). The highest BCUT2D eigenvalue weighted by atomic mass is 32.1. The maximum absolute atomic E-state index is 12.8. The highest BCUT2D eigenvalue weighted by molar-refractivity contribution is 7.24. The van der Waals surface area contributed by atoms with Gasteiger partial charge in [0, 0.05) is 31.3 Å². The van der Waals surface area contributed by atoms with E-state index in [0.717, 1.165) is 0 Å². The van der Waals surface area contributed by atoms with Crippen molar-refractivity contribution >= 4 is 55.0 Å². The van der Waals surface area contributed by atoms with E-state index in [4.69, 9.17) is 0 Å². The van der Waals surface area contributed by atoms with Crippen LogP contribution in [0.3, 0.4) is 0 Å². The van der Waals surface area contributed by atoms with Crippen molar-refractivity contribution < 1.29 is 23.9 Å². The largest absolute Gasteiger partial charge is 0.386 e. The molecule has 0 amide bonds. The predicted molar refractivity (Wildman–Crippen MR) is 88.6 cm³/mol. The third-order valence-electron chi connectivity index (χ3n) is 4.50. The summed E-state index contributed by atoms with van der Waals surface area (Å²) in [6, 6.07) is 5.83. The van der Waals surface area contributed by atoms with E-state index in [1.54, 1.807) is 6.07 Å². The highest BCUT2D eigenvalue weighted by Gasteiger charge is 2.32. The molecule has 0 atom stereocenters. The minimum Gasteiger partial charge on any atom is -0.386 e. The van der Waals surface area contributed by atoms with Crippen LogP contribution < -0.4 is 5.43 Å². The van der Waals surface area contributed by atoms with Crippen molar-refractivity contribution in [2.24, 2.45) is 0 Å². The van der Waals surface area contributed by atoms with Gasteiger partial charge in [0.1, 0.15) is 0 Å². The zero-order chi connectivity index (χ0) is 17.5. The Morgan fingerprint density at radius 3 is 1.80 bits per heavy atom. The van der Waals surface area contributed by atoms with Crippen LogP contribution in [0, 0.1) is 0 Å². The molecule has 0 saturated heterocycles. The van der Waals surface area contributed by atoms with Crippen molar-refractivity contribution in [3.63, 3.8) is 0 Å². The van der Waals surface area contributed by atoms with Gasteiger partial charge in [-0.2, -0.15) is 0 Å². The van der Waals surface area contributed by atoms with Gasteiger partial charge in [0.25, 0.3) is 0 Å². The van der Waals surface area contributed by atoms with Gasteiger partial charge in [-0.15, -0.1) is 11.3 Å². The number of carbonyl (C=O) groups excluding carboxylic acids is 4. The van der Waals surface area contributed by atoms with Gasteiger partial charge >= 0.3 is 11.9 Å². The lowest BCUT2D eigenvalue weighted by atomic mass is 10.0. The van der Waals surface area contributed by atoms with Gasteiger partial charge in [0.2, 0.25) is 0 Å². The quantitative estimate of drug-likeness (QED) is 0.351. The Kier molecular flexibility index (Phi) is 2.53. The molecule has 7 heteroatoms. The normalized spacial score (nSPS) is 15.8. The molecule has 2 aliphatic rings. The molecule has 1 aromatic heterocycles. The summed E-state index contributed by atoms with van der Waals surface area (Å²) in [5, 5.41) is 0.594. The Morgan fingerprint density at radius 2 is 1.16 bits per heavy atom. The lowest BCUT2D eigenvalue weighted by Gasteiger charge is -2.04. The Bertz CT molecular complexity index is 1190. The van der Waals surface area contributed by atoms with Gasteiger partial charge in [0.15, 0.2) is 17.0 Å². The van der Waals surface area contributed by atoms with Crippen LogP contribution in [0.15, 0.2) is 29.1 Å². The molecule has 0 unspecified atom stereocenters. The molecule has 0 spiro atoms. The molecule has 3 aromatic rings. The first-order valence-electron chi connectivity index (χ1n) is 7.35. The van der Waals surface area contributed by atoms with Crippen LogP contribution in [0.2, 0.25) is 0 Å². The van der Waals surface area contributed by atoms with Crippen LogP contribution in [0.25, 0.3) is 20.2 Å². The molecular weight excluding hydrogens is 344 g/mol.